The fourth-order valence-corrected chi connectivity index (χ4v) is 5.19. The number of rotatable bonds is 6. The summed E-state index contributed by atoms with van der Waals surface area (Å²) in [6, 6.07) is 19.3. The molecule has 0 radical (unpaired) electrons. The summed E-state index contributed by atoms with van der Waals surface area (Å²) in [6.07, 6.45) is 1.03. The van der Waals surface area contributed by atoms with Gasteiger partial charge < -0.3 is 4.74 Å². The SMILES string of the molecule is CCC(OC(=O)c1cccc2cccc(-c3nc4ccccc4s3)c12)C(=O)Nc1nccs1. The number of amides is 1. The average Bonchev–Trinajstić information content (AvgIpc) is 3.51. The Balaban J connectivity index is 1.51. The van der Waals surface area contributed by atoms with Gasteiger partial charge in [-0.1, -0.05) is 49.4 Å². The van der Waals surface area contributed by atoms with Gasteiger partial charge >= 0.3 is 5.97 Å². The molecule has 3 aromatic carbocycles. The molecule has 1 unspecified atom stereocenters. The number of anilines is 1. The van der Waals surface area contributed by atoms with Crippen molar-refractivity contribution < 1.29 is 14.3 Å². The number of hydrogen-bond donors (Lipinski definition) is 1. The van der Waals surface area contributed by atoms with E-state index >= 15 is 0 Å². The molecule has 0 aliphatic carbocycles. The molecule has 164 valence electrons. The van der Waals surface area contributed by atoms with Gasteiger partial charge in [0.05, 0.1) is 15.8 Å². The van der Waals surface area contributed by atoms with Crippen LogP contribution in [0.1, 0.15) is 23.7 Å². The minimum atomic E-state index is -0.925. The molecule has 1 amide bonds. The number of benzene rings is 3. The zero-order chi connectivity index (χ0) is 22.8. The summed E-state index contributed by atoms with van der Waals surface area (Å²) < 4.78 is 6.74. The van der Waals surface area contributed by atoms with Gasteiger partial charge in [-0.3, -0.25) is 10.1 Å². The second kappa shape index (κ2) is 9.09. The minimum Gasteiger partial charge on any atom is -0.449 e. The molecule has 0 saturated carbocycles. The number of para-hydroxylation sites is 1. The number of esters is 1. The van der Waals surface area contributed by atoms with Crippen molar-refractivity contribution in [1.82, 2.24) is 9.97 Å². The van der Waals surface area contributed by atoms with Crippen LogP contribution in [0, 0.1) is 0 Å². The molecular formula is C25H19N3O3S2. The predicted octanol–water partition coefficient (Wildman–Crippen LogP) is 6.15. The van der Waals surface area contributed by atoms with Crippen LogP contribution in [-0.2, 0) is 9.53 Å². The van der Waals surface area contributed by atoms with Crippen molar-refractivity contribution in [2.24, 2.45) is 0 Å². The van der Waals surface area contributed by atoms with Crippen LogP contribution in [0.4, 0.5) is 5.13 Å². The van der Waals surface area contributed by atoms with E-state index in [9.17, 15) is 9.59 Å². The summed E-state index contributed by atoms with van der Waals surface area (Å²) in [5.41, 5.74) is 2.18. The average molecular weight is 474 g/mol. The Labute approximate surface area is 197 Å². The Bertz CT molecular complexity index is 1420. The highest BCUT2D eigenvalue weighted by atomic mass is 32.1. The maximum Gasteiger partial charge on any atom is 0.339 e. The van der Waals surface area contributed by atoms with Crippen LogP contribution in [0.3, 0.4) is 0 Å². The smallest absolute Gasteiger partial charge is 0.339 e. The molecule has 5 rings (SSSR count). The highest BCUT2D eigenvalue weighted by Crippen LogP contribution is 2.36. The van der Waals surface area contributed by atoms with Crippen LogP contribution in [0.25, 0.3) is 31.6 Å². The lowest BCUT2D eigenvalue weighted by molar-refractivity contribution is -0.124. The van der Waals surface area contributed by atoms with Crippen molar-refractivity contribution in [3.05, 3.63) is 77.8 Å². The molecule has 1 atom stereocenters. The molecule has 2 aromatic heterocycles. The summed E-state index contributed by atoms with van der Waals surface area (Å²) in [5.74, 6) is -0.942. The second-order valence-corrected chi connectivity index (χ2v) is 9.25. The molecule has 8 heteroatoms. The number of carbonyl (C=O) groups is 2. The first-order valence-corrected chi connectivity index (χ1v) is 12.1. The lowest BCUT2D eigenvalue weighted by Gasteiger charge is -2.16. The summed E-state index contributed by atoms with van der Waals surface area (Å²) in [4.78, 5) is 34.7. The van der Waals surface area contributed by atoms with E-state index in [1.165, 1.54) is 11.3 Å². The van der Waals surface area contributed by atoms with Crippen LogP contribution < -0.4 is 5.32 Å². The van der Waals surface area contributed by atoms with Crippen LogP contribution >= 0.6 is 22.7 Å². The van der Waals surface area contributed by atoms with Gasteiger partial charge in [-0.05, 0) is 30.0 Å². The lowest BCUT2D eigenvalue weighted by Crippen LogP contribution is -2.32. The highest BCUT2D eigenvalue weighted by molar-refractivity contribution is 7.21. The van der Waals surface area contributed by atoms with Gasteiger partial charge in [-0.25, -0.2) is 14.8 Å². The Morgan fingerprint density at radius 2 is 1.88 bits per heavy atom. The molecule has 0 spiro atoms. The fraction of sp³-hybridized carbons (Fsp3) is 0.120. The van der Waals surface area contributed by atoms with Crippen LogP contribution in [0.15, 0.2) is 72.2 Å². The third kappa shape index (κ3) is 4.22. The maximum absolute atomic E-state index is 13.3. The van der Waals surface area contributed by atoms with Crippen molar-refractivity contribution >= 4 is 60.7 Å². The van der Waals surface area contributed by atoms with E-state index in [4.69, 9.17) is 9.72 Å². The van der Waals surface area contributed by atoms with Crippen molar-refractivity contribution in [3.63, 3.8) is 0 Å². The Morgan fingerprint density at radius 3 is 2.64 bits per heavy atom. The standard InChI is InChI=1S/C25H19N3O3S2/c1-2-19(22(29)28-25-26-13-14-32-25)31-24(30)17-10-6-8-15-7-5-9-16(21(15)17)23-27-18-11-3-4-12-20(18)33-23/h3-14,19H,2H2,1H3,(H,26,28,29). The molecule has 0 fully saturated rings. The van der Waals surface area contributed by atoms with Gasteiger partial charge in [-0.15, -0.1) is 22.7 Å². The molecule has 5 aromatic rings. The monoisotopic (exact) mass is 473 g/mol. The van der Waals surface area contributed by atoms with Crippen molar-refractivity contribution in [2.45, 2.75) is 19.4 Å². The molecule has 6 nitrogen and oxygen atoms in total. The molecule has 0 bridgehead atoms. The highest BCUT2D eigenvalue weighted by Gasteiger charge is 2.25. The van der Waals surface area contributed by atoms with E-state index in [0.29, 0.717) is 17.1 Å². The van der Waals surface area contributed by atoms with Gasteiger partial charge in [-0.2, -0.15) is 0 Å². The van der Waals surface area contributed by atoms with E-state index in [2.05, 4.69) is 10.3 Å². The number of carbonyl (C=O) groups excluding carboxylic acids is 2. The van der Waals surface area contributed by atoms with Gasteiger partial charge in [0.15, 0.2) is 11.2 Å². The van der Waals surface area contributed by atoms with E-state index < -0.39 is 18.0 Å². The first kappa shape index (κ1) is 21.2. The number of aromatic nitrogens is 2. The summed E-state index contributed by atoms with van der Waals surface area (Å²) in [7, 11) is 0. The number of nitrogens with zero attached hydrogens (tertiary/aromatic N) is 2. The van der Waals surface area contributed by atoms with Gasteiger partial charge in [0.25, 0.3) is 5.91 Å². The topological polar surface area (TPSA) is 81.2 Å². The fourth-order valence-electron chi connectivity index (χ4n) is 3.66. The Kier molecular flexibility index (Phi) is 5.85. The number of nitrogens with one attached hydrogen (secondary N) is 1. The lowest BCUT2D eigenvalue weighted by atomic mass is 9.99. The second-order valence-electron chi connectivity index (χ2n) is 7.32. The van der Waals surface area contributed by atoms with Crippen molar-refractivity contribution in [3.8, 4) is 10.6 Å². The van der Waals surface area contributed by atoms with Crippen LogP contribution in [0.5, 0.6) is 0 Å². The van der Waals surface area contributed by atoms with E-state index in [1.807, 2.05) is 54.6 Å². The van der Waals surface area contributed by atoms with Crippen LogP contribution in [0.2, 0.25) is 0 Å². The first-order chi connectivity index (χ1) is 16.1. The van der Waals surface area contributed by atoms with E-state index in [0.717, 1.165) is 31.6 Å². The molecule has 0 aliphatic heterocycles. The summed E-state index contributed by atoms with van der Waals surface area (Å²) in [5, 5.41) is 7.43. The molecule has 0 saturated heterocycles. The van der Waals surface area contributed by atoms with Crippen LogP contribution in [-0.4, -0.2) is 27.9 Å². The number of thiazole rings is 2. The zero-order valence-electron chi connectivity index (χ0n) is 17.6. The molecule has 1 N–H and O–H groups in total. The zero-order valence-corrected chi connectivity index (χ0v) is 19.3. The first-order valence-electron chi connectivity index (χ1n) is 10.4. The summed E-state index contributed by atoms with van der Waals surface area (Å²) >= 11 is 2.89. The predicted molar refractivity (Wildman–Crippen MR) is 133 cm³/mol. The van der Waals surface area contributed by atoms with Gasteiger partial charge in [0, 0.05) is 22.5 Å². The number of fused-ring (bicyclic) bond motifs is 2. The third-order valence-electron chi connectivity index (χ3n) is 5.22. The van der Waals surface area contributed by atoms with Crippen molar-refractivity contribution in [2.75, 3.05) is 5.32 Å². The number of hydrogen-bond acceptors (Lipinski definition) is 7. The van der Waals surface area contributed by atoms with Crippen molar-refractivity contribution in [1.29, 1.82) is 0 Å². The summed E-state index contributed by atoms with van der Waals surface area (Å²) in [6.45, 7) is 1.80. The van der Waals surface area contributed by atoms with E-state index in [1.54, 1.807) is 35.9 Å². The minimum absolute atomic E-state index is 0.346. The van der Waals surface area contributed by atoms with Gasteiger partial charge in [0.1, 0.15) is 5.01 Å². The quantitative estimate of drug-likeness (QED) is 0.299. The molecule has 0 aliphatic rings. The third-order valence-corrected chi connectivity index (χ3v) is 6.98. The van der Waals surface area contributed by atoms with Gasteiger partial charge in [0.2, 0.25) is 0 Å². The van der Waals surface area contributed by atoms with E-state index in [-0.39, 0.29) is 0 Å². The molecule has 2 heterocycles. The molecular weight excluding hydrogens is 454 g/mol. The Morgan fingerprint density at radius 1 is 1.06 bits per heavy atom. The Hall–Kier alpha value is -3.62. The maximum atomic E-state index is 13.3. The normalized spacial score (nSPS) is 12.0. The molecule has 33 heavy (non-hydrogen) atoms. The largest absolute Gasteiger partial charge is 0.449 e. The number of ether oxygens (including phenoxy) is 1.